The van der Waals surface area contributed by atoms with Crippen molar-refractivity contribution in [1.29, 1.82) is 0 Å². The fourth-order valence-electron chi connectivity index (χ4n) is 4.40. The number of para-hydroxylation sites is 2. The molecule has 0 aliphatic carbocycles. The number of methoxy groups -OCH3 is 2. The Labute approximate surface area is 215 Å². The monoisotopic (exact) mass is 495 g/mol. The molecule has 0 aliphatic rings. The highest BCUT2D eigenvalue weighted by Crippen LogP contribution is 2.28. The first kappa shape index (κ1) is 24.1. The molecular formula is C29H29N5O3. The lowest BCUT2D eigenvalue weighted by molar-refractivity contribution is 0.0956. The number of anilines is 1. The Balaban J connectivity index is 1.42. The minimum atomic E-state index is -0.260. The molecule has 8 heteroatoms. The van der Waals surface area contributed by atoms with Crippen molar-refractivity contribution >= 4 is 33.9 Å². The fourth-order valence-corrected chi connectivity index (χ4v) is 4.40. The number of nitrogens with one attached hydrogen (secondary N) is 1. The molecule has 0 radical (unpaired) electrons. The van der Waals surface area contributed by atoms with Crippen LogP contribution in [0.4, 0.5) is 5.82 Å². The van der Waals surface area contributed by atoms with Gasteiger partial charge in [-0.25, -0.2) is 9.97 Å². The molecule has 0 aliphatic heterocycles. The standard InChI is InChI=1S/C29H29N5O3/c1-36-21-11-7-19(8-12-21)15-17-31-29(35)25-26-28(33-24-6-4-3-5-23(24)32-26)34(27(25)30)18-16-20-9-13-22(37-2)14-10-20/h3-14H,15-18,30H2,1-2H3,(H,31,35). The van der Waals surface area contributed by atoms with Crippen LogP contribution in [0.1, 0.15) is 21.5 Å². The van der Waals surface area contributed by atoms with Crippen molar-refractivity contribution in [3.05, 3.63) is 89.5 Å². The molecule has 0 atom stereocenters. The zero-order valence-electron chi connectivity index (χ0n) is 20.9. The second-order valence-electron chi connectivity index (χ2n) is 8.75. The van der Waals surface area contributed by atoms with E-state index >= 15 is 0 Å². The van der Waals surface area contributed by atoms with Crippen LogP contribution in [0.3, 0.4) is 0 Å². The van der Waals surface area contributed by atoms with Crippen molar-refractivity contribution in [2.24, 2.45) is 0 Å². The van der Waals surface area contributed by atoms with Gasteiger partial charge in [0, 0.05) is 13.1 Å². The summed E-state index contributed by atoms with van der Waals surface area (Å²) in [7, 11) is 3.29. The second-order valence-corrected chi connectivity index (χ2v) is 8.75. The predicted molar refractivity (Wildman–Crippen MR) is 145 cm³/mol. The normalized spacial score (nSPS) is 11.1. The minimum absolute atomic E-state index is 0.260. The molecule has 0 saturated carbocycles. The van der Waals surface area contributed by atoms with E-state index in [2.05, 4.69) is 5.32 Å². The number of ether oxygens (including phenoxy) is 2. The van der Waals surface area contributed by atoms with Gasteiger partial charge in [-0.1, -0.05) is 36.4 Å². The Hall–Kier alpha value is -4.59. The summed E-state index contributed by atoms with van der Waals surface area (Å²) in [6, 6.07) is 23.3. The number of benzene rings is 3. The Bertz CT molecular complexity index is 1540. The van der Waals surface area contributed by atoms with Crippen molar-refractivity contribution in [2.45, 2.75) is 19.4 Å². The van der Waals surface area contributed by atoms with Gasteiger partial charge in [-0.05, 0) is 60.4 Å². The van der Waals surface area contributed by atoms with Gasteiger partial charge in [-0.15, -0.1) is 0 Å². The number of hydrogen-bond donors (Lipinski definition) is 2. The Morgan fingerprint density at radius 1 is 0.838 bits per heavy atom. The number of carbonyl (C=O) groups excluding carboxylic acids is 1. The molecule has 2 heterocycles. The quantitative estimate of drug-likeness (QED) is 0.314. The number of nitrogens with zero attached hydrogens (tertiary/aromatic N) is 3. The summed E-state index contributed by atoms with van der Waals surface area (Å²) in [4.78, 5) is 23.0. The summed E-state index contributed by atoms with van der Waals surface area (Å²) in [5.74, 6) is 1.71. The van der Waals surface area contributed by atoms with Gasteiger partial charge in [0.1, 0.15) is 28.4 Å². The largest absolute Gasteiger partial charge is 0.497 e. The molecule has 0 unspecified atom stereocenters. The lowest BCUT2D eigenvalue weighted by Gasteiger charge is -2.09. The zero-order valence-corrected chi connectivity index (χ0v) is 20.9. The average molecular weight is 496 g/mol. The maximum Gasteiger partial charge on any atom is 0.257 e. The molecule has 37 heavy (non-hydrogen) atoms. The number of aryl methyl sites for hydroxylation is 2. The second kappa shape index (κ2) is 10.6. The topological polar surface area (TPSA) is 104 Å². The smallest absolute Gasteiger partial charge is 0.257 e. The molecule has 0 fully saturated rings. The van der Waals surface area contributed by atoms with Crippen molar-refractivity contribution in [3.8, 4) is 11.5 Å². The van der Waals surface area contributed by atoms with Gasteiger partial charge in [0.2, 0.25) is 0 Å². The number of rotatable bonds is 9. The Kier molecular flexibility index (Phi) is 6.89. The lowest BCUT2D eigenvalue weighted by Crippen LogP contribution is -2.26. The maximum atomic E-state index is 13.4. The van der Waals surface area contributed by atoms with Crippen LogP contribution in [0.15, 0.2) is 72.8 Å². The van der Waals surface area contributed by atoms with Crippen LogP contribution in [0.25, 0.3) is 22.2 Å². The molecule has 0 saturated heterocycles. The van der Waals surface area contributed by atoms with Crippen molar-refractivity contribution < 1.29 is 14.3 Å². The van der Waals surface area contributed by atoms with Gasteiger partial charge >= 0.3 is 0 Å². The molecule has 5 aromatic rings. The van der Waals surface area contributed by atoms with Crippen LogP contribution < -0.4 is 20.5 Å². The van der Waals surface area contributed by atoms with E-state index in [4.69, 9.17) is 25.2 Å². The number of nitrogens with two attached hydrogens (primary N) is 1. The zero-order chi connectivity index (χ0) is 25.8. The maximum absolute atomic E-state index is 13.4. The van der Waals surface area contributed by atoms with Crippen LogP contribution >= 0.6 is 0 Å². The highest BCUT2D eigenvalue weighted by Gasteiger charge is 2.23. The Morgan fingerprint density at radius 3 is 2.00 bits per heavy atom. The molecule has 8 nitrogen and oxygen atoms in total. The van der Waals surface area contributed by atoms with E-state index in [1.165, 1.54) is 0 Å². The van der Waals surface area contributed by atoms with Gasteiger partial charge in [0.25, 0.3) is 5.91 Å². The van der Waals surface area contributed by atoms with Crippen LogP contribution in [0.5, 0.6) is 11.5 Å². The summed E-state index contributed by atoms with van der Waals surface area (Å²) in [6.07, 6.45) is 1.39. The van der Waals surface area contributed by atoms with E-state index in [9.17, 15) is 4.79 Å². The molecule has 3 N–H and O–H groups in total. The van der Waals surface area contributed by atoms with Crippen LogP contribution in [0.2, 0.25) is 0 Å². The van der Waals surface area contributed by atoms with E-state index in [0.717, 1.165) is 33.7 Å². The molecule has 188 valence electrons. The third-order valence-electron chi connectivity index (χ3n) is 6.46. The number of aromatic nitrogens is 3. The third-order valence-corrected chi connectivity index (χ3v) is 6.46. The van der Waals surface area contributed by atoms with E-state index < -0.39 is 0 Å². The van der Waals surface area contributed by atoms with Crippen LogP contribution in [-0.2, 0) is 19.4 Å². The van der Waals surface area contributed by atoms with Gasteiger partial charge < -0.3 is 25.1 Å². The molecule has 1 amide bonds. The van der Waals surface area contributed by atoms with Crippen LogP contribution in [0, 0.1) is 0 Å². The summed E-state index contributed by atoms with van der Waals surface area (Å²) in [5, 5.41) is 3.01. The molecule has 5 rings (SSSR count). The predicted octanol–water partition coefficient (Wildman–Crippen LogP) is 4.40. The molecule has 0 bridgehead atoms. The number of carbonyl (C=O) groups is 1. The number of fused-ring (bicyclic) bond motifs is 2. The van der Waals surface area contributed by atoms with Crippen molar-refractivity contribution in [3.63, 3.8) is 0 Å². The SMILES string of the molecule is COc1ccc(CCNC(=O)c2c(N)n(CCc3ccc(OC)cc3)c3nc4ccccc4nc23)cc1. The van der Waals surface area contributed by atoms with E-state index in [0.29, 0.717) is 48.5 Å². The molecule has 3 aromatic carbocycles. The minimum Gasteiger partial charge on any atom is -0.497 e. The van der Waals surface area contributed by atoms with Gasteiger partial charge in [-0.3, -0.25) is 4.79 Å². The number of hydrogen-bond acceptors (Lipinski definition) is 6. The molecule has 2 aromatic heterocycles. The Morgan fingerprint density at radius 2 is 1.41 bits per heavy atom. The van der Waals surface area contributed by atoms with E-state index in [1.54, 1.807) is 14.2 Å². The van der Waals surface area contributed by atoms with E-state index in [-0.39, 0.29) is 5.91 Å². The summed E-state index contributed by atoms with van der Waals surface area (Å²) >= 11 is 0. The summed E-state index contributed by atoms with van der Waals surface area (Å²) in [6.45, 7) is 1.02. The average Bonchev–Trinajstić information content (AvgIpc) is 3.21. The van der Waals surface area contributed by atoms with E-state index in [1.807, 2.05) is 77.4 Å². The van der Waals surface area contributed by atoms with Crippen molar-refractivity contribution in [2.75, 3.05) is 26.5 Å². The first-order valence-electron chi connectivity index (χ1n) is 12.2. The van der Waals surface area contributed by atoms with Gasteiger partial charge in [-0.2, -0.15) is 0 Å². The van der Waals surface area contributed by atoms with Gasteiger partial charge in [0.05, 0.1) is 25.3 Å². The molecular weight excluding hydrogens is 466 g/mol. The summed E-state index contributed by atoms with van der Waals surface area (Å²) < 4.78 is 12.4. The highest BCUT2D eigenvalue weighted by atomic mass is 16.5. The molecule has 0 spiro atoms. The summed E-state index contributed by atoms with van der Waals surface area (Å²) in [5.41, 5.74) is 11.8. The van der Waals surface area contributed by atoms with Crippen LogP contribution in [-0.4, -0.2) is 41.2 Å². The third kappa shape index (κ3) is 5.04. The highest BCUT2D eigenvalue weighted by molar-refractivity contribution is 6.10. The number of amides is 1. The fraction of sp³-hybridized carbons (Fsp3) is 0.207. The van der Waals surface area contributed by atoms with Crippen molar-refractivity contribution in [1.82, 2.24) is 19.9 Å². The van der Waals surface area contributed by atoms with Gasteiger partial charge in [0.15, 0.2) is 5.65 Å². The first-order chi connectivity index (χ1) is 18.1. The number of nitrogen functional groups attached to an aromatic ring is 1. The lowest BCUT2D eigenvalue weighted by atomic mass is 10.1. The first-order valence-corrected chi connectivity index (χ1v) is 12.2.